The minimum Gasteiger partial charge on any atom is -0.373 e. The summed E-state index contributed by atoms with van der Waals surface area (Å²) in [4.78, 5) is 13.7. The highest BCUT2D eigenvalue weighted by molar-refractivity contribution is 6.75. The van der Waals surface area contributed by atoms with Crippen LogP contribution in [0.4, 0.5) is 5.69 Å². The topological polar surface area (TPSA) is 57.1 Å². The molecule has 0 aliphatic carbocycles. The molecule has 0 aliphatic heterocycles. The van der Waals surface area contributed by atoms with E-state index in [9.17, 15) is 4.79 Å². The lowest BCUT2D eigenvalue weighted by molar-refractivity contribution is 0.140. The number of hydrogen-bond donors (Lipinski definition) is 0. The number of nitrogens with zero attached hydrogens (tertiary/aromatic N) is 1. The quantitative estimate of drug-likeness (QED) is 0.432. The number of aliphatic imine (C=N–C) groups is 1. The van der Waals surface area contributed by atoms with Gasteiger partial charge in [0.25, 0.3) is 0 Å². The lowest BCUT2D eigenvalue weighted by atomic mass is 10.3. The normalized spacial score (nSPS) is 10.9. The summed E-state index contributed by atoms with van der Waals surface area (Å²) in [6.07, 6.45) is 1.48. The number of isocyanates is 1. The standard InChI is InChI=1S/C10H13NO4Si/c1-13-16(14-2,15-3)10-6-4-5-9(7-10)11-8-12/h4-7H,1-3H3. The van der Waals surface area contributed by atoms with Gasteiger partial charge in [-0.3, -0.25) is 0 Å². The van der Waals surface area contributed by atoms with Crippen LogP contribution in [0, 0.1) is 0 Å². The third kappa shape index (κ3) is 2.44. The molecule has 0 heterocycles. The average Bonchev–Trinajstić information content (AvgIpc) is 2.33. The predicted octanol–water partition coefficient (Wildman–Crippen LogP) is 0.739. The van der Waals surface area contributed by atoms with Crippen LogP contribution >= 0.6 is 0 Å². The molecule has 0 aromatic heterocycles. The maximum Gasteiger partial charge on any atom is 0.536 e. The van der Waals surface area contributed by atoms with Gasteiger partial charge in [0.05, 0.1) is 5.69 Å². The highest BCUT2D eigenvalue weighted by atomic mass is 28.4. The molecule has 0 spiro atoms. The van der Waals surface area contributed by atoms with Crippen molar-refractivity contribution in [3.05, 3.63) is 24.3 Å². The maximum absolute atomic E-state index is 10.2. The molecule has 0 fully saturated rings. The van der Waals surface area contributed by atoms with Crippen LogP contribution in [-0.2, 0) is 18.1 Å². The molecule has 0 aliphatic rings. The second-order valence-corrected chi connectivity index (χ2v) is 5.84. The Kier molecular flexibility index (Phi) is 4.54. The minimum absolute atomic E-state index is 0.496. The molecular weight excluding hydrogens is 226 g/mol. The first-order valence-corrected chi connectivity index (χ1v) is 6.28. The highest BCUT2D eigenvalue weighted by Crippen LogP contribution is 2.13. The fraction of sp³-hybridized carbons (Fsp3) is 0.300. The van der Waals surface area contributed by atoms with Gasteiger partial charge in [-0.15, -0.1) is 0 Å². The van der Waals surface area contributed by atoms with Crippen LogP contribution in [0.1, 0.15) is 0 Å². The Morgan fingerprint density at radius 1 is 1.19 bits per heavy atom. The lowest BCUT2D eigenvalue weighted by Gasteiger charge is -2.24. The van der Waals surface area contributed by atoms with Crippen LogP contribution < -0.4 is 5.19 Å². The molecule has 1 aromatic rings. The monoisotopic (exact) mass is 239 g/mol. The van der Waals surface area contributed by atoms with Crippen LogP contribution in [0.25, 0.3) is 0 Å². The molecule has 0 N–H and O–H groups in total. The predicted molar refractivity (Wildman–Crippen MR) is 60.6 cm³/mol. The van der Waals surface area contributed by atoms with Gasteiger partial charge in [0.1, 0.15) is 0 Å². The smallest absolute Gasteiger partial charge is 0.373 e. The molecule has 0 radical (unpaired) electrons. The van der Waals surface area contributed by atoms with Crippen LogP contribution in [-0.4, -0.2) is 36.2 Å². The summed E-state index contributed by atoms with van der Waals surface area (Å²) < 4.78 is 15.9. The largest absolute Gasteiger partial charge is 0.536 e. The summed E-state index contributed by atoms with van der Waals surface area (Å²) in [5, 5.41) is 0.747. The van der Waals surface area contributed by atoms with Gasteiger partial charge in [-0.1, -0.05) is 12.1 Å². The highest BCUT2D eigenvalue weighted by Gasteiger charge is 2.40. The van der Waals surface area contributed by atoms with Gasteiger partial charge < -0.3 is 13.3 Å². The molecule has 1 aromatic carbocycles. The number of hydrogen-bond acceptors (Lipinski definition) is 5. The van der Waals surface area contributed by atoms with Gasteiger partial charge in [0.15, 0.2) is 0 Å². The third-order valence-electron chi connectivity index (χ3n) is 2.18. The first-order chi connectivity index (χ1) is 7.72. The summed E-state index contributed by atoms with van der Waals surface area (Å²) in [7, 11) is 1.72. The first kappa shape index (κ1) is 12.8. The SMILES string of the molecule is CO[Si](OC)(OC)c1cccc(N=C=O)c1. The van der Waals surface area contributed by atoms with Crippen molar-refractivity contribution >= 4 is 25.8 Å². The second kappa shape index (κ2) is 5.69. The summed E-state index contributed by atoms with van der Waals surface area (Å²) in [5.74, 6) is 0. The van der Waals surface area contributed by atoms with E-state index in [1.165, 1.54) is 27.4 Å². The van der Waals surface area contributed by atoms with Gasteiger partial charge in [0.2, 0.25) is 6.08 Å². The fourth-order valence-electron chi connectivity index (χ4n) is 1.42. The van der Waals surface area contributed by atoms with E-state index in [4.69, 9.17) is 13.3 Å². The van der Waals surface area contributed by atoms with Gasteiger partial charge in [-0.05, 0) is 12.1 Å². The van der Waals surface area contributed by atoms with Crippen molar-refractivity contribution in [3.8, 4) is 0 Å². The average molecular weight is 239 g/mol. The fourth-order valence-corrected chi connectivity index (χ4v) is 3.25. The summed E-state index contributed by atoms with van der Waals surface area (Å²) in [5.41, 5.74) is 0.496. The van der Waals surface area contributed by atoms with Crippen molar-refractivity contribution in [2.24, 2.45) is 4.99 Å². The summed E-state index contributed by atoms with van der Waals surface area (Å²) in [6.45, 7) is 0. The van der Waals surface area contributed by atoms with E-state index in [1.54, 1.807) is 18.2 Å². The molecule has 16 heavy (non-hydrogen) atoms. The Morgan fingerprint density at radius 2 is 1.81 bits per heavy atom. The summed E-state index contributed by atoms with van der Waals surface area (Å²) >= 11 is 0. The van der Waals surface area contributed by atoms with Crippen LogP contribution in [0.2, 0.25) is 0 Å². The van der Waals surface area contributed by atoms with Gasteiger partial charge in [-0.25, -0.2) is 4.79 Å². The molecule has 0 saturated carbocycles. The van der Waals surface area contributed by atoms with Crippen molar-refractivity contribution in [2.75, 3.05) is 21.3 Å². The lowest BCUT2D eigenvalue weighted by Crippen LogP contribution is -2.54. The second-order valence-electron chi connectivity index (χ2n) is 2.92. The molecule has 0 saturated heterocycles. The van der Waals surface area contributed by atoms with E-state index in [0.717, 1.165) is 5.19 Å². The molecule has 5 nitrogen and oxygen atoms in total. The van der Waals surface area contributed by atoms with Crippen molar-refractivity contribution in [3.63, 3.8) is 0 Å². The van der Waals surface area contributed by atoms with E-state index >= 15 is 0 Å². The molecule has 0 unspecified atom stereocenters. The van der Waals surface area contributed by atoms with E-state index in [2.05, 4.69) is 4.99 Å². The molecule has 6 heteroatoms. The van der Waals surface area contributed by atoms with Crippen molar-refractivity contribution in [1.82, 2.24) is 0 Å². The van der Waals surface area contributed by atoms with Gasteiger partial charge in [-0.2, -0.15) is 4.99 Å². The van der Waals surface area contributed by atoms with E-state index in [1.807, 2.05) is 6.07 Å². The van der Waals surface area contributed by atoms with Crippen molar-refractivity contribution in [2.45, 2.75) is 0 Å². The Bertz CT molecular complexity index is 391. The number of benzene rings is 1. The van der Waals surface area contributed by atoms with E-state index in [-0.39, 0.29) is 0 Å². The zero-order valence-corrected chi connectivity index (χ0v) is 10.4. The molecule has 0 atom stereocenters. The Balaban J connectivity index is 3.19. The van der Waals surface area contributed by atoms with Gasteiger partial charge in [0, 0.05) is 26.5 Å². The van der Waals surface area contributed by atoms with Crippen LogP contribution in [0.15, 0.2) is 29.3 Å². The molecule has 0 amide bonds. The maximum atomic E-state index is 10.2. The Morgan fingerprint density at radius 3 is 2.31 bits per heavy atom. The van der Waals surface area contributed by atoms with E-state index < -0.39 is 8.80 Å². The zero-order chi connectivity index (χ0) is 12.0. The minimum atomic E-state index is -2.84. The molecule has 1 rings (SSSR count). The molecule has 86 valence electrons. The Hall–Kier alpha value is -1.30. The summed E-state index contributed by atoms with van der Waals surface area (Å²) in [6, 6.07) is 6.94. The zero-order valence-electron chi connectivity index (χ0n) is 9.39. The van der Waals surface area contributed by atoms with Gasteiger partial charge >= 0.3 is 8.80 Å². The third-order valence-corrected chi connectivity index (χ3v) is 4.81. The number of rotatable bonds is 5. The number of carbonyl (C=O) groups excluding carboxylic acids is 1. The van der Waals surface area contributed by atoms with Crippen LogP contribution in [0.5, 0.6) is 0 Å². The van der Waals surface area contributed by atoms with Crippen LogP contribution in [0.3, 0.4) is 0 Å². The molecular formula is C10H13NO4Si. The first-order valence-electron chi connectivity index (χ1n) is 4.56. The van der Waals surface area contributed by atoms with Crippen molar-refractivity contribution < 1.29 is 18.1 Å². The van der Waals surface area contributed by atoms with Crippen molar-refractivity contribution in [1.29, 1.82) is 0 Å². The van der Waals surface area contributed by atoms with E-state index in [0.29, 0.717) is 5.69 Å². The Labute approximate surface area is 95.0 Å². The molecule has 0 bridgehead atoms.